The number of benzene rings is 2. The molecular formula is C13H14N2. The van der Waals surface area contributed by atoms with Crippen LogP contribution in [0.5, 0.6) is 0 Å². The van der Waals surface area contributed by atoms with Gasteiger partial charge >= 0.3 is 0 Å². The summed E-state index contributed by atoms with van der Waals surface area (Å²) in [4.78, 5) is 0. The highest BCUT2D eigenvalue weighted by Crippen LogP contribution is 2.10. The van der Waals surface area contributed by atoms with E-state index in [-0.39, 0.29) is 0 Å². The third-order valence-corrected chi connectivity index (χ3v) is 2.18. The quantitative estimate of drug-likeness (QED) is 0.738. The van der Waals surface area contributed by atoms with E-state index in [1.54, 1.807) is 0 Å². The molecule has 0 heterocycles. The fourth-order valence-electron chi connectivity index (χ4n) is 1.30. The van der Waals surface area contributed by atoms with Crippen LogP contribution in [0.15, 0.2) is 54.6 Å². The molecule has 15 heavy (non-hydrogen) atoms. The number of hydrazine groups is 1. The first kappa shape index (κ1) is 9.59. The second kappa shape index (κ2) is 4.51. The summed E-state index contributed by atoms with van der Waals surface area (Å²) in [7, 11) is 0. The number of hydrogen-bond acceptors (Lipinski definition) is 2. The van der Waals surface area contributed by atoms with Gasteiger partial charge in [0.05, 0.1) is 11.4 Å². The van der Waals surface area contributed by atoms with Crippen molar-refractivity contribution >= 4 is 11.4 Å². The molecule has 0 radical (unpaired) electrons. The Bertz CT molecular complexity index is 406. The Hall–Kier alpha value is -1.96. The van der Waals surface area contributed by atoms with Gasteiger partial charge in [0, 0.05) is 0 Å². The van der Waals surface area contributed by atoms with Crippen LogP contribution in [-0.2, 0) is 0 Å². The summed E-state index contributed by atoms with van der Waals surface area (Å²) < 4.78 is 0. The van der Waals surface area contributed by atoms with E-state index in [2.05, 4.69) is 29.9 Å². The van der Waals surface area contributed by atoms with Gasteiger partial charge < -0.3 is 10.9 Å². The van der Waals surface area contributed by atoms with Crippen molar-refractivity contribution in [2.45, 2.75) is 6.92 Å². The van der Waals surface area contributed by atoms with Crippen LogP contribution in [0.25, 0.3) is 0 Å². The number of para-hydroxylation sites is 1. The minimum absolute atomic E-state index is 1.05. The number of rotatable bonds is 3. The van der Waals surface area contributed by atoms with E-state index in [1.165, 1.54) is 5.56 Å². The zero-order chi connectivity index (χ0) is 10.5. The van der Waals surface area contributed by atoms with E-state index in [9.17, 15) is 0 Å². The molecule has 2 N–H and O–H groups in total. The second-order valence-electron chi connectivity index (χ2n) is 3.48. The molecule has 2 rings (SSSR count). The van der Waals surface area contributed by atoms with Crippen LogP contribution in [-0.4, -0.2) is 0 Å². The lowest BCUT2D eigenvalue weighted by atomic mass is 10.2. The molecule has 0 aliphatic carbocycles. The molecule has 2 nitrogen and oxygen atoms in total. The normalized spacial score (nSPS) is 9.67. The number of aryl methyl sites for hydroxylation is 1. The summed E-state index contributed by atoms with van der Waals surface area (Å²) >= 11 is 0. The van der Waals surface area contributed by atoms with Gasteiger partial charge in [0.25, 0.3) is 0 Å². The molecule has 0 amide bonds. The monoisotopic (exact) mass is 198 g/mol. The third kappa shape index (κ3) is 2.74. The zero-order valence-corrected chi connectivity index (χ0v) is 8.70. The highest BCUT2D eigenvalue weighted by Gasteiger charge is 1.90. The molecule has 2 aromatic carbocycles. The molecule has 2 heteroatoms. The van der Waals surface area contributed by atoms with Crippen LogP contribution in [0.2, 0.25) is 0 Å². The van der Waals surface area contributed by atoms with Gasteiger partial charge in [0.15, 0.2) is 0 Å². The predicted molar refractivity (Wildman–Crippen MR) is 64.9 cm³/mol. The molecular weight excluding hydrogens is 184 g/mol. The highest BCUT2D eigenvalue weighted by atomic mass is 15.4. The second-order valence-corrected chi connectivity index (χ2v) is 3.48. The summed E-state index contributed by atoms with van der Waals surface area (Å²) in [5.74, 6) is 0. The molecule has 0 fully saturated rings. The Morgan fingerprint density at radius 1 is 0.667 bits per heavy atom. The van der Waals surface area contributed by atoms with E-state index < -0.39 is 0 Å². The van der Waals surface area contributed by atoms with Gasteiger partial charge in [0.1, 0.15) is 0 Å². The van der Waals surface area contributed by atoms with Crippen LogP contribution in [0, 0.1) is 6.92 Å². The van der Waals surface area contributed by atoms with E-state index in [0.29, 0.717) is 0 Å². The molecule has 2 aromatic rings. The summed E-state index contributed by atoms with van der Waals surface area (Å²) in [5, 5.41) is 0. The first-order valence-corrected chi connectivity index (χ1v) is 4.98. The lowest BCUT2D eigenvalue weighted by Crippen LogP contribution is -2.07. The molecule has 0 spiro atoms. The fourth-order valence-corrected chi connectivity index (χ4v) is 1.30. The van der Waals surface area contributed by atoms with Crippen LogP contribution in [0.4, 0.5) is 11.4 Å². The first-order valence-electron chi connectivity index (χ1n) is 4.98. The maximum absolute atomic E-state index is 3.14. The maximum Gasteiger partial charge on any atom is 0.0540 e. The van der Waals surface area contributed by atoms with Crippen LogP contribution in [0.3, 0.4) is 0 Å². The van der Waals surface area contributed by atoms with E-state index in [1.807, 2.05) is 42.5 Å². The molecule has 0 aliphatic heterocycles. The molecule has 0 aliphatic rings. The first-order chi connectivity index (χ1) is 7.34. The summed E-state index contributed by atoms with van der Waals surface area (Å²) in [6, 6.07) is 18.3. The lowest BCUT2D eigenvalue weighted by molar-refractivity contribution is 1.39. The average molecular weight is 198 g/mol. The minimum atomic E-state index is 1.05. The smallest absolute Gasteiger partial charge is 0.0540 e. The standard InChI is InChI=1S/C13H14N2/c1-11-7-9-13(10-8-11)15-14-12-5-3-2-4-6-12/h2-10,14-15H,1H3. The summed E-state index contributed by atoms with van der Waals surface area (Å²) in [6.45, 7) is 2.08. The van der Waals surface area contributed by atoms with Crippen molar-refractivity contribution in [3.05, 3.63) is 60.2 Å². The van der Waals surface area contributed by atoms with Crippen molar-refractivity contribution in [1.29, 1.82) is 0 Å². The number of hydrogen-bond donors (Lipinski definition) is 2. The Kier molecular flexibility index (Phi) is 2.88. The van der Waals surface area contributed by atoms with Crippen molar-refractivity contribution in [3.63, 3.8) is 0 Å². The topological polar surface area (TPSA) is 24.1 Å². The van der Waals surface area contributed by atoms with Crippen LogP contribution < -0.4 is 10.9 Å². The summed E-state index contributed by atoms with van der Waals surface area (Å²) in [5.41, 5.74) is 9.65. The van der Waals surface area contributed by atoms with Crippen LogP contribution in [0.1, 0.15) is 5.56 Å². The highest BCUT2D eigenvalue weighted by molar-refractivity contribution is 5.52. The van der Waals surface area contributed by atoms with Crippen molar-refractivity contribution in [2.24, 2.45) is 0 Å². The molecule has 76 valence electrons. The molecule has 0 atom stereocenters. The van der Waals surface area contributed by atoms with Gasteiger partial charge in [-0.2, -0.15) is 0 Å². The molecule has 0 bridgehead atoms. The molecule has 0 saturated carbocycles. The van der Waals surface area contributed by atoms with Crippen molar-refractivity contribution in [2.75, 3.05) is 10.9 Å². The fraction of sp³-hybridized carbons (Fsp3) is 0.0769. The van der Waals surface area contributed by atoms with Gasteiger partial charge in [-0.3, -0.25) is 0 Å². The number of nitrogens with one attached hydrogen (secondary N) is 2. The van der Waals surface area contributed by atoms with E-state index >= 15 is 0 Å². The Labute approximate surface area is 89.9 Å². The zero-order valence-electron chi connectivity index (χ0n) is 8.70. The Morgan fingerprint density at radius 3 is 1.80 bits per heavy atom. The van der Waals surface area contributed by atoms with Crippen molar-refractivity contribution in [3.8, 4) is 0 Å². The van der Waals surface area contributed by atoms with Gasteiger partial charge in [-0.05, 0) is 31.2 Å². The van der Waals surface area contributed by atoms with Crippen molar-refractivity contribution in [1.82, 2.24) is 0 Å². The number of anilines is 2. The molecule has 0 saturated heterocycles. The third-order valence-electron chi connectivity index (χ3n) is 2.18. The van der Waals surface area contributed by atoms with Gasteiger partial charge in [-0.25, -0.2) is 0 Å². The Morgan fingerprint density at radius 2 is 1.20 bits per heavy atom. The van der Waals surface area contributed by atoms with Crippen LogP contribution >= 0.6 is 0 Å². The average Bonchev–Trinajstić information content (AvgIpc) is 2.30. The largest absolute Gasteiger partial charge is 0.301 e. The molecule has 0 aromatic heterocycles. The maximum atomic E-state index is 3.14. The van der Waals surface area contributed by atoms with E-state index in [0.717, 1.165) is 11.4 Å². The van der Waals surface area contributed by atoms with Crippen molar-refractivity contribution < 1.29 is 0 Å². The van der Waals surface area contributed by atoms with Gasteiger partial charge in [-0.1, -0.05) is 35.9 Å². The SMILES string of the molecule is Cc1ccc(NNc2ccccc2)cc1. The summed E-state index contributed by atoms with van der Waals surface area (Å²) in [6.07, 6.45) is 0. The lowest BCUT2D eigenvalue weighted by Gasteiger charge is -2.09. The van der Waals surface area contributed by atoms with E-state index in [4.69, 9.17) is 0 Å². The predicted octanol–water partition coefficient (Wildman–Crippen LogP) is 3.43. The minimum Gasteiger partial charge on any atom is -0.301 e. The Balaban J connectivity index is 1.96. The van der Waals surface area contributed by atoms with Gasteiger partial charge in [0.2, 0.25) is 0 Å². The molecule has 0 unspecified atom stereocenters. The van der Waals surface area contributed by atoms with Gasteiger partial charge in [-0.15, -0.1) is 0 Å².